The summed E-state index contributed by atoms with van der Waals surface area (Å²) >= 11 is 0. The molecule has 2 aromatic rings. The molecule has 0 saturated heterocycles. The Balaban J connectivity index is 0.000000191. The van der Waals surface area contributed by atoms with Crippen molar-refractivity contribution in [2.45, 2.75) is 0 Å². The van der Waals surface area contributed by atoms with E-state index in [4.69, 9.17) is 0 Å². The maximum Gasteiger partial charge on any atom is 0.338 e. The summed E-state index contributed by atoms with van der Waals surface area (Å²) in [5.74, 6) is -1.16. The molecule has 1 aliphatic heterocycles. The summed E-state index contributed by atoms with van der Waals surface area (Å²) in [6.07, 6.45) is 7.67. The van der Waals surface area contributed by atoms with Crippen molar-refractivity contribution in [3.8, 4) is 0 Å². The molecule has 0 fully saturated rings. The summed E-state index contributed by atoms with van der Waals surface area (Å²) in [7, 11) is 0. The Morgan fingerprint density at radius 1 is 0.640 bits per heavy atom. The fraction of sp³-hybridized carbons (Fsp3) is 0. The fourth-order valence-electron chi connectivity index (χ4n) is 1.78. The Labute approximate surface area is 148 Å². The van der Waals surface area contributed by atoms with E-state index in [1.807, 2.05) is 72.8 Å². The van der Waals surface area contributed by atoms with Gasteiger partial charge in [-0.1, -0.05) is 92.6 Å². The molecule has 3 rings (SSSR count). The first kappa shape index (κ1) is 19.6. The third-order valence-electron chi connectivity index (χ3n) is 3.03. The molecule has 2 aromatic carbocycles. The Hall–Kier alpha value is -3.46. The molecule has 0 atom stereocenters. The van der Waals surface area contributed by atoms with E-state index in [1.54, 1.807) is 0 Å². The van der Waals surface area contributed by atoms with E-state index in [0.29, 0.717) is 0 Å². The number of carbonyl (C=O) groups excluding carboxylic acids is 2. The average Bonchev–Trinajstić information content (AvgIpc) is 3.06. The van der Waals surface area contributed by atoms with Crippen LogP contribution in [0.4, 0.5) is 0 Å². The molecule has 0 radical (unpaired) electrons. The van der Waals surface area contributed by atoms with E-state index >= 15 is 0 Å². The van der Waals surface area contributed by atoms with Crippen LogP contribution in [0.3, 0.4) is 0 Å². The van der Waals surface area contributed by atoms with Crippen LogP contribution in [0.25, 0.3) is 18.2 Å². The molecular formula is C22H20O3. The van der Waals surface area contributed by atoms with Gasteiger partial charge in [0.25, 0.3) is 0 Å². The molecule has 0 spiro atoms. The van der Waals surface area contributed by atoms with Crippen molar-refractivity contribution >= 4 is 30.2 Å². The van der Waals surface area contributed by atoms with E-state index in [0.717, 1.165) is 23.3 Å². The maximum atomic E-state index is 9.92. The van der Waals surface area contributed by atoms with Gasteiger partial charge in [-0.25, -0.2) is 9.59 Å². The first-order valence-electron chi connectivity index (χ1n) is 7.56. The van der Waals surface area contributed by atoms with Crippen molar-refractivity contribution in [1.82, 2.24) is 0 Å². The molecule has 0 N–H and O–H groups in total. The summed E-state index contributed by atoms with van der Waals surface area (Å²) in [5, 5.41) is 0. The van der Waals surface area contributed by atoms with E-state index in [2.05, 4.69) is 24.5 Å². The van der Waals surface area contributed by atoms with Crippen molar-refractivity contribution < 1.29 is 14.3 Å². The number of rotatable bonds is 3. The number of hydrogen-bond acceptors (Lipinski definition) is 3. The van der Waals surface area contributed by atoms with E-state index in [1.165, 1.54) is 5.56 Å². The highest BCUT2D eigenvalue weighted by Crippen LogP contribution is 2.10. The number of carbonyl (C=O) groups is 2. The van der Waals surface area contributed by atoms with Crippen LogP contribution in [-0.2, 0) is 14.3 Å². The van der Waals surface area contributed by atoms with E-state index < -0.39 is 11.9 Å². The first-order valence-corrected chi connectivity index (χ1v) is 7.56. The smallest absolute Gasteiger partial charge is 0.338 e. The lowest BCUT2D eigenvalue weighted by atomic mass is 10.1. The quantitative estimate of drug-likeness (QED) is 0.591. The van der Waals surface area contributed by atoms with Crippen molar-refractivity contribution in [3.05, 3.63) is 103 Å². The second kappa shape index (κ2) is 11.1. The summed E-state index contributed by atoms with van der Waals surface area (Å²) in [4.78, 5) is 19.8. The van der Waals surface area contributed by atoms with Crippen molar-refractivity contribution in [1.29, 1.82) is 0 Å². The molecule has 0 bridgehead atoms. The van der Waals surface area contributed by atoms with Gasteiger partial charge >= 0.3 is 11.9 Å². The molecule has 3 heteroatoms. The van der Waals surface area contributed by atoms with Crippen LogP contribution in [0.1, 0.15) is 16.7 Å². The Kier molecular flexibility index (Phi) is 8.72. The minimum absolute atomic E-state index is 0.579. The van der Waals surface area contributed by atoms with Gasteiger partial charge < -0.3 is 4.74 Å². The minimum Gasteiger partial charge on any atom is -0.387 e. The highest BCUT2D eigenvalue weighted by molar-refractivity contribution is 6.04. The monoisotopic (exact) mass is 332 g/mol. The molecule has 0 unspecified atom stereocenters. The summed E-state index contributed by atoms with van der Waals surface area (Å²) in [6.45, 7) is 11.0. The molecule has 1 heterocycles. The molecule has 126 valence electrons. The normalized spacial score (nSPS) is 11.2. The van der Waals surface area contributed by atoms with Crippen LogP contribution in [0.5, 0.6) is 0 Å². The lowest BCUT2D eigenvalue weighted by molar-refractivity contribution is -0.150. The minimum atomic E-state index is -0.579. The third kappa shape index (κ3) is 7.57. The number of benzene rings is 2. The highest BCUT2D eigenvalue weighted by atomic mass is 16.6. The highest BCUT2D eigenvalue weighted by Gasteiger charge is 2.10. The molecule has 0 aromatic heterocycles. The molecule has 0 saturated carbocycles. The second-order valence-corrected chi connectivity index (χ2v) is 4.73. The predicted molar refractivity (Wildman–Crippen MR) is 103 cm³/mol. The fourth-order valence-corrected chi connectivity index (χ4v) is 1.78. The van der Waals surface area contributed by atoms with Crippen molar-refractivity contribution in [2.24, 2.45) is 0 Å². The molecule has 0 amide bonds. The SMILES string of the molecule is C=Cc1ccccc1.C=Cc1ccccc1C=C.O=C1C=CC(=O)O1. The zero-order chi connectivity index (χ0) is 18.5. The van der Waals surface area contributed by atoms with Gasteiger partial charge in [0.05, 0.1) is 0 Å². The van der Waals surface area contributed by atoms with Crippen LogP contribution < -0.4 is 0 Å². The molecular weight excluding hydrogens is 312 g/mol. The largest absolute Gasteiger partial charge is 0.387 e. The average molecular weight is 332 g/mol. The van der Waals surface area contributed by atoms with Gasteiger partial charge in [0.1, 0.15) is 0 Å². The Bertz CT molecular complexity index is 728. The van der Waals surface area contributed by atoms with Gasteiger partial charge in [-0.05, 0) is 16.7 Å². The van der Waals surface area contributed by atoms with Gasteiger partial charge in [0, 0.05) is 12.2 Å². The second-order valence-electron chi connectivity index (χ2n) is 4.73. The zero-order valence-electron chi connectivity index (χ0n) is 13.9. The lowest BCUT2D eigenvalue weighted by Crippen LogP contribution is -1.96. The van der Waals surface area contributed by atoms with Crippen molar-refractivity contribution in [2.75, 3.05) is 0 Å². The first-order chi connectivity index (χ1) is 12.1. The zero-order valence-corrected chi connectivity index (χ0v) is 13.9. The van der Waals surface area contributed by atoms with Gasteiger partial charge in [-0.2, -0.15) is 0 Å². The van der Waals surface area contributed by atoms with Crippen LogP contribution in [0.15, 0.2) is 86.5 Å². The summed E-state index contributed by atoms with van der Waals surface area (Å²) in [6, 6.07) is 18.0. The van der Waals surface area contributed by atoms with Crippen LogP contribution >= 0.6 is 0 Å². The van der Waals surface area contributed by atoms with Crippen LogP contribution in [0.2, 0.25) is 0 Å². The van der Waals surface area contributed by atoms with Crippen LogP contribution in [0, 0.1) is 0 Å². The van der Waals surface area contributed by atoms with Crippen LogP contribution in [-0.4, -0.2) is 11.9 Å². The standard InChI is InChI=1S/C10H10.C8H8.C4H2O3/c1-3-9-7-5-6-8-10(9)4-2;1-2-8-6-4-3-5-7-8;5-3-1-2-4(6)7-3/h3-8H,1-2H2;2-7H,1H2;1-2H. The number of hydrogen-bond donors (Lipinski definition) is 0. The third-order valence-corrected chi connectivity index (χ3v) is 3.03. The van der Waals surface area contributed by atoms with Gasteiger partial charge in [-0.3, -0.25) is 0 Å². The van der Waals surface area contributed by atoms with Gasteiger partial charge in [-0.15, -0.1) is 0 Å². The van der Waals surface area contributed by atoms with E-state index in [-0.39, 0.29) is 0 Å². The van der Waals surface area contributed by atoms with Gasteiger partial charge in [0.2, 0.25) is 0 Å². The number of cyclic esters (lactones) is 2. The number of esters is 2. The van der Waals surface area contributed by atoms with Gasteiger partial charge in [0.15, 0.2) is 0 Å². The molecule has 1 aliphatic rings. The maximum absolute atomic E-state index is 9.92. The predicted octanol–water partition coefficient (Wildman–Crippen LogP) is 4.93. The lowest BCUT2D eigenvalue weighted by Gasteiger charge is -1.96. The summed E-state index contributed by atoms with van der Waals surface area (Å²) in [5.41, 5.74) is 3.45. The Morgan fingerprint density at radius 3 is 1.36 bits per heavy atom. The molecule has 3 nitrogen and oxygen atoms in total. The molecule has 0 aliphatic carbocycles. The van der Waals surface area contributed by atoms with Crippen molar-refractivity contribution in [3.63, 3.8) is 0 Å². The Morgan fingerprint density at radius 2 is 1.08 bits per heavy atom. The topological polar surface area (TPSA) is 43.4 Å². The molecule has 25 heavy (non-hydrogen) atoms. The summed E-state index contributed by atoms with van der Waals surface area (Å²) < 4.78 is 3.97. The van der Waals surface area contributed by atoms with E-state index in [9.17, 15) is 9.59 Å². The number of ether oxygens (including phenoxy) is 1.